The zero-order valence-corrected chi connectivity index (χ0v) is 10.4. The minimum atomic E-state index is -0.871. The zero-order chi connectivity index (χ0) is 13.2. The topological polar surface area (TPSA) is 66.4 Å². The summed E-state index contributed by atoms with van der Waals surface area (Å²) in [7, 11) is 0. The number of rotatable bonds is 4. The van der Waals surface area contributed by atoms with Gasteiger partial charge in [-0.05, 0) is 30.5 Å². The first-order valence-corrected chi connectivity index (χ1v) is 6.12. The lowest BCUT2D eigenvalue weighted by molar-refractivity contribution is -0.136. The molecule has 1 saturated carbocycles. The van der Waals surface area contributed by atoms with Crippen LogP contribution in [0.3, 0.4) is 0 Å². The standard InChI is InChI=1S/C14H17NO3/c1-14(6-3-7-14)13(18)15-11-5-2-4-10(8-11)9-12(16)17/h2,4-5,8H,3,6-7,9H2,1H3,(H,15,18)(H,16,17). The number of carboxylic acids is 1. The highest BCUT2D eigenvalue weighted by Gasteiger charge is 2.39. The summed E-state index contributed by atoms with van der Waals surface area (Å²) < 4.78 is 0. The van der Waals surface area contributed by atoms with Crippen molar-refractivity contribution in [2.24, 2.45) is 5.41 Å². The van der Waals surface area contributed by atoms with Gasteiger partial charge in [-0.1, -0.05) is 25.5 Å². The van der Waals surface area contributed by atoms with Crippen LogP contribution in [-0.4, -0.2) is 17.0 Å². The summed E-state index contributed by atoms with van der Waals surface area (Å²) in [5.74, 6) is -0.842. The highest BCUT2D eigenvalue weighted by molar-refractivity contribution is 5.95. The Morgan fingerprint density at radius 1 is 1.39 bits per heavy atom. The van der Waals surface area contributed by atoms with Crippen LogP contribution in [0.1, 0.15) is 31.7 Å². The first-order chi connectivity index (χ1) is 8.49. The first kappa shape index (κ1) is 12.6. The molecule has 0 unspecified atom stereocenters. The van der Waals surface area contributed by atoms with Crippen molar-refractivity contribution in [3.8, 4) is 0 Å². The van der Waals surface area contributed by atoms with Crippen LogP contribution in [0.15, 0.2) is 24.3 Å². The van der Waals surface area contributed by atoms with Gasteiger partial charge in [-0.2, -0.15) is 0 Å². The van der Waals surface area contributed by atoms with Gasteiger partial charge in [-0.3, -0.25) is 9.59 Å². The van der Waals surface area contributed by atoms with Gasteiger partial charge in [-0.15, -0.1) is 0 Å². The van der Waals surface area contributed by atoms with Gasteiger partial charge in [0.25, 0.3) is 0 Å². The second kappa shape index (κ2) is 4.80. The van der Waals surface area contributed by atoms with Gasteiger partial charge in [0.15, 0.2) is 0 Å². The van der Waals surface area contributed by atoms with E-state index >= 15 is 0 Å². The van der Waals surface area contributed by atoms with E-state index < -0.39 is 5.97 Å². The van der Waals surface area contributed by atoms with Crippen molar-refractivity contribution < 1.29 is 14.7 Å². The Morgan fingerprint density at radius 3 is 2.67 bits per heavy atom. The predicted molar refractivity (Wildman–Crippen MR) is 68.4 cm³/mol. The molecule has 4 nitrogen and oxygen atoms in total. The third-order valence-electron chi connectivity index (χ3n) is 3.55. The van der Waals surface area contributed by atoms with Gasteiger partial charge in [-0.25, -0.2) is 0 Å². The van der Waals surface area contributed by atoms with E-state index in [1.807, 2.05) is 6.92 Å². The van der Waals surface area contributed by atoms with Crippen molar-refractivity contribution in [1.29, 1.82) is 0 Å². The summed E-state index contributed by atoms with van der Waals surface area (Å²) in [6.07, 6.45) is 2.92. The van der Waals surface area contributed by atoms with E-state index in [2.05, 4.69) is 5.32 Å². The summed E-state index contributed by atoms with van der Waals surface area (Å²) in [6.45, 7) is 1.97. The van der Waals surface area contributed by atoms with Crippen LogP contribution >= 0.6 is 0 Å². The third kappa shape index (κ3) is 2.70. The van der Waals surface area contributed by atoms with Crippen LogP contribution in [0.25, 0.3) is 0 Å². The Bertz CT molecular complexity index is 478. The fourth-order valence-corrected chi connectivity index (χ4v) is 2.15. The third-order valence-corrected chi connectivity index (χ3v) is 3.55. The summed E-state index contributed by atoms with van der Waals surface area (Å²) in [5, 5.41) is 11.6. The van der Waals surface area contributed by atoms with Crippen molar-refractivity contribution in [2.75, 3.05) is 5.32 Å². The molecule has 1 aromatic carbocycles. The minimum absolute atomic E-state index is 0.0268. The first-order valence-electron chi connectivity index (χ1n) is 6.12. The zero-order valence-electron chi connectivity index (χ0n) is 10.4. The lowest BCUT2D eigenvalue weighted by atomic mass is 9.70. The number of aliphatic carboxylic acids is 1. The highest BCUT2D eigenvalue weighted by Crippen LogP contribution is 2.41. The van der Waals surface area contributed by atoms with E-state index in [1.165, 1.54) is 0 Å². The average Bonchev–Trinajstić information content (AvgIpc) is 2.25. The Balaban J connectivity index is 2.05. The number of nitrogens with one attached hydrogen (secondary N) is 1. The average molecular weight is 247 g/mol. The molecule has 2 N–H and O–H groups in total. The molecule has 96 valence electrons. The SMILES string of the molecule is CC1(C(=O)Nc2cccc(CC(=O)O)c2)CCC1. The summed E-state index contributed by atoms with van der Waals surface area (Å²) in [4.78, 5) is 22.7. The molecule has 18 heavy (non-hydrogen) atoms. The normalized spacial score (nSPS) is 16.7. The van der Waals surface area contributed by atoms with Crippen LogP contribution in [0.4, 0.5) is 5.69 Å². The van der Waals surface area contributed by atoms with Crippen molar-refractivity contribution >= 4 is 17.6 Å². The quantitative estimate of drug-likeness (QED) is 0.858. The number of carboxylic acid groups (broad SMARTS) is 1. The molecule has 2 rings (SSSR count). The van der Waals surface area contributed by atoms with Gasteiger partial charge in [0.1, 0.15) is 0 Å². The van der Waals surface area contributed by atoms with E-state index in [0.29, 0.717) is 11.3 Å². The van der Waals surface area contributed by atoms with Gasteiger partial charge in [0.05, 0.1) is 6.42 Å². The molecule has 0 aliphatic heterocycles. The number of anilines is 1. The molecule has 4 heteroatoms. The fraction of sp³-hybridized carbons (Fsp3) is 0.429. The molecular weight excluding hydrogens is 230 g/mol. The van der Waals surface area contributed by atoms with Gasteiger partial charge >= 0.3 is 5.97 Å². The Labute approximate surface area is 106 Å². The summed E-state index contributed by atoms with van der Waals surface area (Å²) >= 11 is 0. The maximum absolute atomic E-state index is 12.0. The summed E-state index contributed by atoms with van der Waals surface area (Å²) in [6, 6.07) is 7.01. The van der Waals surface area contributed by atoms with Crippen LogP contribution in [0, 0.1) is 5.41 Å². The molecule has 0 saturated heterocycles. The molecule has 0 aromatic heterocycles. The number of benzene rings is 1. The lowest BCUT2D eigenvalue weighted by Gasteiger charge is -2.36. The maximum Gasteiger partial charge on any atom is 0.307 e. The van der Waals surface area contributed by atoms with Crippen molar-refractivity contribution in [3.63, 3.8) is 0 Å². The smallest absolute Gasteiger partial charge is 0.307 e. The monoisotopic (exact) mass is 247 g/mol. The van der Waals surface area contributed by atoms with Crippen LogP contribution < -0.4 is 5.32 Å². The second-order valence-corrected chi connectivity index (χ2v) is 5.14. The molecule has 0 bridgehead atoms. The maximum atomic E-state index is 12.0. The molecule has 1 fully saturated rings. The van der Waals surface area contributed by atoms with Gasteiger partial charge < -0.3 is 10.4 Å². The molecular formula is C14H17NO3. The van der Waals surface area contributed by atoms with E-state index in [4.69, 9.17) is 5.11 Å². The Morgan fingerprint density at radius 2 is 2.11 bits per heavy atom. The van der Waals surface area contributed by atoms with Crippen LogP contribution in [0.2, 0.25) is 0 Å². The molecule has 1 aromatic rings. The molecule has 0 atom stereocenters. The van der Waals surface area contributed by atoms with Crippen LogP contribution in [-0.2, 0) is 16.0 Å². The molecule has 1 aliphatic rings. The lowest BCUT2D eigenvalue weighted by Crippen LogP contribution is -2.39. The fourth-order valence-electron chi connectivity index (χ4n) is 2.15. The Kier molecular flexibility index (Phi) is 3.36. The molecule has 0 spiro atoms. The molecule has 0 radical (unpaired) electrons. The molecule has 0 heterocycles. The minimum Gasteiger partial charge on any atom is -0.481 e. The number of hydrogen-bond acceptors (Lipinski definition) is 2. The largest absolute Gasteiger partial charge is 0.481 e. The number of carbonyl (C=O) groups excluding carboxylic acids is 1. The van der Waals surface area contributed by atoms with Crippen molar-refractivity contribution in [3.05, 3.63) is 29.8 Å². The number of amides is 1. The summed E-state index contributed by atoms with van der Waals surface area (Å²) in [5.41, 5.74) is 1.12. The predicted octanol–water partition coefficient (Wildman–Crippen LogP) is 2.44. The second-order valence-electron chi connectivity index (χ2n) is 5.14. The van der Waals surface area contributed by atoms with E-state index in [1.54, 1.807) is 24.3 Å². The molecule has 1 aliphatic carbocycles. The molecule has 1 amide bonds. The van der Waals surface area contributed by atoms with Gasteiger partial charge in [0, 0.05) is 11.1 Å². The van der Waals surface area contributed by atoms with Crippen molar-refractivity contribution in [1.82, 2.24) is 0 Å². The van der Waals surface area contributed by atoms with Gasteiger partial charge in [0.2, 0.25) is 5.91 Å². The van der Waals surface area contributed by atoms with E-state index in [0.717, 1.165) is 19.3 Å². The number of carbonyl (C=O) groups is 2. The highest BCUT2D eigenvalue weighted by atomic mass is 16.4. The van der Waals surface area contributed by atoms with Crippen molar-refractivity contribution in [2.45, 2.75) is 32.6 Å². The number of hydrogen-bond donors (Lipinski definition) is 2. The van der Waals surface area contributed by atoms with E-state index in [-0.39, 0.29) is 17.7 Å². The van der Waals surface area contributed by atoms with E-state index in [9.17, 15) is 9.59 Å². The van der Waals surface area contributed by atoms with Crippen LogP contribution in [0.5, 0.6) is 0 Å². The Hall–Kier alpha value is -1.84.